The quantitative estimate of drug-likeness (QED) is 0.789. The summed E-state index contributed by atoms with van der Waals surface area (Å²) in [6.07, 6.45) is 5.56. The third-order valence-electron chi connectivity index (χ3n) is 2.98. The monoisotopic (exact) mass is 219 g/mol. The Labute approximate surface area is 92.5 Å². The molecule has 0 spiro atoms. The fraction of sp³-hybridized carbons (Fsp3) is 0.500. The van der Waals surface area contributed by atoms with Gasteiger partial charge in [-0.1, -0.05) is 5.16 Å². The zero-order chi connectivity index (χ0) is 11.0. The highest BCUT2D eigenvalue weighted by Gasteiger charge is 2.35. The third kappa shape index (κ3) is 1.42. The zero-order valence-electron chi connectivity index (χ0n) is 9.03. The molecular formula is C10H13N5O. The molecule has 1 aliphatic heterocycles. The maximum atomic E-state index is 5.29. The van der Waals surface area contributed by atoms with E-state index in [4.69, 9.17) is 4.52 Å². The zero-order valence-corrected chi connectivity index (χ0v) is 9.03. The van der Waals surface area contributed by atoms with E-state index in [0.29, 0.717) is 17.5 Å². The molecule has 16 heavy (non-hydrogen) atoms. The first-order valence-corrected chi connectivity index (χ1v) is 5.37. The topological polar surface area (TPSA) is 79.6 Å². The number of hydrogen-bond acceptors (Lipinski definition) is 5. The van der Waals surface area contributed by atoms with Gasteiger partial charge < -0.3 is 14.8 Å². The summed E-state index contributed by atoms with van der Waals surface area (Å²) in [5.74, 6) is 1.78. The molecule has 0 aliphatic carbocycles. The summed E-state index contributed by atoms with van der Waals surface area (Å²) in [6.45, 7) is 3.08. The van der Waals surface area contributed by atoms with Crippen molar-refractivity contribution >= 4 is 0 Å². The van der Waals surface area contributed by atoms with Crippen LogP contribution in [0.2, 0.25) is 0 Å². The van der Waals surface area contributed by atoms with E-state index in [0.717, 1.165) is 19.4 Å². The molecule has 1 atom stereocenters. The summed E-state index contributed by atoms with van der Waals surface area (Å²) in [6, 6.07) is 0. The molecule has 3 heterocycles. The maximum absolute atomic E-state index is 5.29. The van der Waals surface area contributed by atoms with Crippen LogP contribution in [0.4, 0.5) is 0 Å². The number of aromatic amines is 1. The second-order valence-corrected chi connectivity index (χ2v) is 4.22. The Hall–Kier alpha value is -1.69. The minimum atomic E-state index is -0.183. The standard InChI is InChI=1S/C10H13N5O/c1-10(3-2-4-13-10)9-14-8(15-16-9)7-11-5-6-12-7/h5-6,13H,2-4H2,1H3,(H,11,12). The van der Waals surface area contributed by atoms with E-state index < -0.39 is 0 Å². The Morgan fingerprint density at radius 3 is 3.12 bits per heavy atom. The first-order valence-electron chi connectivity index (χ1n) is 5.37. The van der Waals surface area contributed by atoms with Crippen LogP contribution in [0.1, 0.15) is 25.7 Å². The molecule has 3 rings (SSSR count). The normalized spacial score (nSPS) is 25.1. The summed E-state index contributed by atoms with van der Waals surface area (Å²) in [5.41, 5.74) is -0.183. The Kier molecular flexibility index (Phi) is 2.03. The molecule has 0 saturated carbocycles. The molecular weight excluding hydrogens is 206 g/mol. The van der Waals surface area contributed by atoms with Crippen LogP contribution >= 0.6 is 0 Å². The summed E-state index contributed by atoms with van der Waals surface area (Å²) in [7, 11) is 0. The van der Waals surface area contributed by atoms with Crippen LogP contribution < -0.4 is 5.32 Å². The minimum absolute atomic E-state index is 0.183. The predicted octanol–water partition coefficient (Wildman–Crippen LogP) is 1.06. The Morgan fingerprint density at radius 2 is 2.44 bits per heavy atom. The van der Waals surface area contributed by atoms with Gasteiger partial charge in [0.25, 0.3) is 0 Å². The van der Waals surface area contributed by atoms with E-state index in [1.54, 1.807) is 12.4 Å². The van der Waals surface area contributed by atoms with Gasteiger partial charge in [0.2, 0.25) is 11.7 Å². The maximum Gasteiger partial charge on any atom is 0.247 e. The first kappa shape index (κ1) is 9.53. The molecule has 0 radical (unpaired) electrons. The Morgan fingerprint density at radius 1 is 1.50 bits per heavy atom. The molecule has 2 aromatic rings. The molecule has 1 aliphatic rings. The van der Waals surface area contributed by atoms with Gasteiger partial charge in [-0.25, -0.2) is 4.98 Å². The molecule has 0 aromatic carbocycles. The number of nitrogens with zero attached hydrogens (tertiary/aromatic N) is 3. The van der Waals surface area contributed by atoms with Gasteiger partial charge in [-0.05, 0) is 26.3 Å². The van der Waals surface area contributed by atoms with E-state index in [2.05, 4.69) is 32.3 Å². The van der Waals surface area contributed by atoms with Crippen molar-refractivity contribution in [3.8, 4) is 11.6 Å². The second kappa shape index (κ2) is 3.41. The molecule has 6 heteroatoms. The molecule has 84 valence electrons. The van der Waals surface area contributed by atoms with Crippen molar-refractivity contribution in [2.45, 2.75) is 25.3 Å². The van der Waals surface area contributed by atoms with Crippen molar-refractivity contribution in [2.24, 2.45) is 0 Å². The molecule has 0 amide bonds. The third-order valence-corrected chi connectivity index (χ3v) is 2.98. The lowest BCUT2D eigenvalue weighted by Crippen LogP contribution is -2.33. The van der Waals surface area contributed by atoms with Gasteiger partial charge in [0, 0.05) is 12.4 Å². The molecule has 1 saturated heterocycles. The Bertz CT molecular complexity index is 469. The van der Waals surface area contributed by atoms with Crippen LogP contribution in [0.5, 0.6) is 0 Å². The lowest BCUT2D eigenvalue weighted by molar-refractivity contribution is 0.275. The summed E-state index contributed by atoms with van der Waals surface area (Å²) >= 11 is 0. The number of imidazole rings is 1. The van der Waals surface area contributed by atoms with Crippen LogP contribution in [0.15, 0.2) is 16.9 Å². The lowest BCUT2D eigenvalue weighted by atomic mass is 10.0. The van der Waals surface area contributed by atoms with Crippen molar-refractivity contribution < 1.29 is 4.52 Å². The fourth-order valence-corrected chi connectivity index (χ4v) is 2.01. The SMILES string of the molecule is CC1(c2nc(-c3ncc[nH]3)no2)CCCN1. The van der Waals surface area contributed by atoms with E-state index in [1.807, 2.05) is 0 Å². The van der Waals surface area contributed by atoms with Crippen LogP contribution in [-0.2, 0) is 5.54 Å². The van der Waals surface area contributed by atoms with E-state index in [-0.39, 0.29) is 5.54 Å². The van der Waals surface area contributed by atoms with Crippen molar-refractivity contribution in [3.05, 3.63) is 18.3 Å². The molecule has 2 N–H and O–H groups in total. The van der Waals surface area contributed by atoms with Crippen LogP contribution in [0.3, 0.4) is 0 Å². The first-order chi connectivity index (χ1) is 7.78. The highest BCUT2D eigenvalue weighted by atomic mass is 16.5. The van der Waals surface area contributed by atoms with Crippen molar-refractivity contribution in [2.75, 3.05) is 6.54 Å². The number of H-pyrrole nitrogens is 1. The Balaban J connectivity index is 1.93. The van der Waals surface area contributed by atoms with E-state index in [9.17, 15) is 0 Å². The largest absolute Gasteiger partial charge is 0.342 e. The minimum Gasteiger partial charge on any atom is -0.342 e. The van der Waals surface area contributed by atoms with E-state index >= 15 is 0 Å². The fourth-order valence-electron chi connectivity index (χ4n) is 2.01. The molecule has 2 aromatic heterocycles. The molecule has 0 bridgehead atoms. The van der Waals surface area contributed by atoms with Crippen molar-refractivity contribution in [1.82, 2.24) is 25.4 Å². The van der Waals surface area contributed by atoms with Gasteiger partial charge in [-0.15, -0.1) is 0 Å². The van der Waals surface area contributed by atoms with Gasteiger partial charge in [0.05, 0.1) is 5.54 Å². The number of hydrogen-bond donors (Lipinski definition) is 2. The van der Waals surface area contributed by atoms with E-state index in [1.165, 1.54) is 0 Å². The number of rotatable bonds is 2. The predicted molar refractivity (Wildman–Crippen MR) is 56.5 cm³/mol. The van der Waals surface area contributed by atoms with Crippen LogP contribution in [-0.4, -0.2) is 26.7 Å². The summed E-state index contributed by atoms with van der Waals surface area (Å²) < 4.78 is 5.29. The van der Waals surface area contributed by atoms with Gasteiger partial charge in [-0.3, -0.25) is 0 Å². The average molecular weight is 219 g/mol. The lowest BCUT2D eigenvalue weighted by Gasteiger charge is -2.18. The van der Waals surface area contributed by atoms with Crippen molar-refractivity contribution in [1.29, 1.82) is 0 Å². The summed E-state index contributed by atoms with van der Waals surface area (Å²) in [4.78, 5) is 11.4. The number of aromatic nitrogens is 4. The van der Waals surface area contributed by atoms with Crippen molar-refractivity contribution in [3.63, 3.8) is 0 Å². The molecule has 6 nitrogen and oxygen atoms in total. The molecule has 1 unspecified atom stereocenters. The smallest absolute Gasteiger partial charge is 0.247 e. The summed E-state index contributed by atoms with van der Waals surface area (Å²) in [5, 5.41) is 7.31. The second-order valence-electron chi connectivity index (χ2n) is 4.22. The highest BCUT2D eigenvalue weighted by molar-refractivity contribution is 5.41. The van der Waals surface area contributed by atoms with Gasteiger partial charge in [0.1, 0.15) is 0 Å². The number of nitrogens with one attached hydrogen (secondary N) is 2. The van der Waals surface area contributed by atoms with Gasteiger partial charge >= 0.3 is 0 Å². The van der Waals surface area contributed by atoms with Crippen LogP contribution in [0.25, 0.3) is 11.6 Å². The molecule has 1 fully saturated rings. The van der Waals surface area contributed by atoms with Gasteiger partial charge in [-0.2, -0.15) is 4.98 Å². The van der Waals surface area contributed by atoms with Crippen LogP contribution in [0, 0.1) is 0 Å². The average Bonchev–Trinajstić information content (AvgIpc) is 2.98. The van der Waals surface area contributed by atoms with Gasteiger partial charge in [0.15, 0.2) is 5.82 Å². The highest BCUT2D eigenvalue weighted by Crippen LogP contribution is 2.29.